The van der Waals surface area contributed by atoms with Crippen LogP contribution in [0.15, 0.2) is 0 Å². The second-order valence-corrected chi connectivity index (χ2v) is 7.65. The summed E-state index contributed by atoms with van der Waals surface area (Å²) in [7, 11) is 0. The van der Waals surface area contributed by atoms with Gasteiger partial charge in [-0.1, -0.05) is 47.0 Å². The largest absolute Gasteiger partial charge is 0.370 e. The van der Waals surface area contributed by atoms with E-state index in [1.165, 1.54) is 44.9 Å². The lowest BCUT2D eigenvalue weighted by atomic mass is 9.75. The fourth-order valence-electron chi connectivity index (χ4n) is 4.28. The third kappa shape index (κ3) is 3.98. The molecule has 0 saturated heterocycles. The fourth-order valence-corrected chi connectivity index (χ4v) is 4.28. The summed E-state index contributed by atoms with van der Waals surface area (Å²) in [4.78, 5) is 0. The second kappa shape index (κ2) is 7.26. The van der Waals surface area contributed by atoms with E-state index in [0.29, 0.717) is 6.10 Å². The van der Waals surface area contributed by atoms with Crippen LogP contribution in [0.5, 0.6) is 0 Å². The van der Waals surface area contributed by atoms with Gasteiger partial charge >= 0.3 is 0 Å². The van der Waals surface area contributed by atoms with E-state index < -0.39 is 0 Å². The van der Waals surface area contributed by atoms with Crippen molar-refractivity contribution in [2.45, 2.75) is 84.3 Å². The molecule has 2 heteroatoms. The van der Waals surface area contributed by atoms with E-state index in [9.17, 15) is 0 Å². The van der Waals surface area contributed by atoms with Crippen LogP contribution >= 0.6 is 0 Å². The van der Waals surface area contributed by atoms with E-state index in [2.05, 4.69) is 33.0 Å². The van der Waals surface area contributed by atoms with Crippen LogP contribution in [0.1, 0.15) is 72.6 Å². The second-order valence-electron chi connectivity index (χ2n) is 7.65. The van der Waals surface area contributed by atoms with E-state index >= 15 is 0 Å². The SMILES string of the molecule is CCNCC1(OC2CC(C)CCC2C(C)C)CCCC1. The molecule has 0 aromatic rings. The third-order valence-corrected chi connectivity index (χ3v) is 5.57. The van der Waals surface area contributed by atoms with Gasteiger partial charge in [0.1, 0.15) is 0 Å². The standard InChI is InChI=1S/C18H35NO/c1-5-19-13-18(10-6-7-11-18)20-17-12-15(4)8-9-16(17)14(2)3/h14-17,19H,5-13H2,1-4H3. The Bertz CT molecular complexity index is 283. The van der Waals surface area contributed by atoms with E-state index in [1.54, 1.807) is 0 Å². The Labute approximate surface area is 126 Å². The molecule has 0 bridgehead atoms. The van der Waals surface area contributed by atoms with Gasteiger partial charge in [0.25, 0.3) is 0 Å². The van der Waals surface area contributed by atoms with Crippen LogP contribution in [0.2, 0.25) is 0 Å². The molecule has 2 aliphatic rings. The summed E-state index contributed by atoms with van der Waals surface area (Å²) in [6.07, 6.45) is 9.74. The number of hydrogen-bond donors (Lipinski definition) is 1. The molecule has 0 spiro atoms. The maximum Gasteiger partial charge on any atom is 0.0810 e. The minimum absolute atomic E-state index is 0.144. The van der Waals surface area contributed by atoms with Gasteiger partial charge in [0.15, 0.2) is 0 Å². The zero-order valence-electron chi connectivity index (χ0n) is 14.1. The van der Waals surface area contributed by atoms with Crippen molar-refractivity contribution in [2.75, 3.05) is 13.1 Å². The molecular formula is C18H35NO. The van der Waals surface area contributed by atoms with Gasteiger partial charge in [-0.05, 0) is 50.0 Å². The maximum absolute atomic E-state index is 6.82. The van der Waals surface area contributed by atoms with Gasteiger partial charge in [0.2, 0.25) is 0 Å². The van der Waals surface area contributed by atoms with Crippen LogP contribution in [0.3, 0.4) is 0 Å². The molecule has 0 aliphatic heterocycles. The van der Waals surface area contributed by atoms with Crippen molar-refractivity contribution in [3.05, 3.63) is 0 Å². The van der Waals surface area contributed by atoms with Crippen LogP contribution in [-0.2, 0) is 4.74 Å². The zero-order valence-corrected chi connectivity index (χ0v) is 14.1. The Kier molecular flexibility index (Phi) is 5.92. The first-order valence-electron chi connectivity index (χ1n) is 8.95. The molecule has 20 heavy (non-hydrogen) atoms. The summed E-state index contributed by atoms with van der Waals surface area (Å²) in [6, 6.07) is 0. The Morgan fingerprint density at radius 2 is 1.90 bits per heavy atom. The molecule has 0 amide bonds. The average Bonchev–Trinajstić information content (AvgIpc) is 2.85. The Morgan fingerprint density at radius 3 is 2.50 bits per heavy atom. The molecule has 2 rings (SSSR count). The third-order valence-electron chi connectivity index (χ3n) is 5.57. The number of nitrogens with one attached hydrogen (secondary N) is 1. The monoisotopic (exact) mass is 281 g/mol. The van der Waals surface area contributed by atoms with E-state index in [4.69, 9.17) is 4.74 Å². The highest BCUT2D eigenvalue weighted by atomic mass is 16.5. The van der Waals surface area contributed by atoms with Crippen LogP contribution in [0.25, 0.3) is 0 Å². The van der Waals surface area contributed by atoms with Gasteiger partial charge in [-0.15, -0.1) is 0 Å². The summed E-state index contributed by atoms with van der Waals surface area (Å²) in [6.45, 7) is 11.5. The molecule has 118 valence electrons. The highest BCUT2D eigenvalue weighted by molar-refractivity contribution is 4.92. The van der Waals surface area contributed by atoms with Crippen molar-refractivity contribution < 1.29 is 4.74 Å². The van der Waals surface area contributed by atoms with E-state index in [1.807, 2.05) is 0 Å². The maximum atomic E-state index is 6.82. The lowest BCUT2D eigenvalue weighted by Crippen LogP contribution is -2.47. The van der Waals surface area contributed by atoms with Gasteiger partial charge in [0.05, 0.1) is 11.7 Å². The zero-order chi connectivity index (χ0) is 14.6. The predicted octanol–water partition coefficient (Wildman–Crippen LogP) is 4.39. The highest BCUT2D eigenvalue weighted by Crippen LogP contribution is 2.41. The Morgan fingerprint density at radius 1 is 1.20 bits per heavy atom. The molecule has 0 aromatic carbocycles. The lowest BCUT2D eigenvalue weighted by Gasteiger charge is -2.43. The quantitative estimate of drug-likeness (QED) is 0.780. The highest BCUT2D eigenvalue weighted by Gasteiger charge is 2.41. The normalized spacial score (nSPS) is 33.8. The van der Waals surface area contributed by atoms with E-state index in [-0.39, 0.29) is 5.60 Å². The van der Waals surface area contributed by atoms with Crippen LogP contribution in [0.4, 0.5) is 0 Å². The van der Waals surface area contributed by atoms with Gasteiger partial charge < -0.3 is 10.1 Å². The van der Waals surface area contributed by atoms with Crippen molar-refractivity contribution in [3.8, 4) is 0 Å². The first-order valence-corrected chi connectivity index (χ1v) is 8.95. The smallest absolute Gasteiger partial charge is 0.0810 e. The van der Waals surface area contributed by atoms with Gasteiger partial charge in [0, 0.05) is 6.54 Å². The molecular weight excluding hydrogens is 246 g/mol. The molecule has 1 N–H and O–H groups in total. The Hall–Kier alpha value is -0.0800. The van der Waals surface area contributed by atoms with E-state index in [0.717, 1.165) is 30.8 Å². The number of rotatable bonds is 6. The molecule has 3 unspecified atom stereocenters. The summed E-state index contributed by atoms with van der Waals surface area (Å²) < 4.78 is 6.82. The van der Waals surface area contributed by atoms with Crippen molar-refractivity contribution in [1.82, 2.24) is 5.32 Å². The fraction of sp³-hybridized carbons (Fsp3) is 1.00. The molecule has 2 nitrogen and oxygen atoms in total. The van der Waals surface area contributed by atoms with Crippen LogP contribution in [0, 0.1) is 17.8 Å². The van der Waals surface area contributed by atoms with Crippen LogP contribution < -0.4 is 5.32 Å². The van der Waals surface area contributed by atoms with Crippen molar-refractivity contribution in [1.29, 1.82) is 0 Å². The van der Waals surface area contributed by atoms with Gasteiger partial charge in [-0.3, -0.25) is 0 Å². The summed E-state index contributed by atoms with van der Waals surface area (Å²) in [5.41, 5.74) is 0.144. The molecule has 2 aliphatic carbocycles. The lowest BCUT2D eigenvalue weighted by molar-refractivity contribution is -0.135. The summed E-state index contributed by atoms with van der Waals surface area (Å²) >= 11 is 0. The molecule has 2 fully saturated rings. The summed E-state index contributed by atoms with van der Waals surface area (Å²) in [5.74, 6) is 2.36. The predicted molar refractivity (Wildman–Crippen MR) is 86.0 cm³/mol. The average molecular weight is 281 g/mol. The molecule has 0 radical (unpaired) electrons. The minimum atomic E-state index is 0.144. The minimum Gasteiger partial charge on any atom is -0.370 e. The topological polar surface area (TPSA) is 21.3 Å². The first kappa shape index (κ1) is 16.3. The Balaban J connectivity index is 2.02. The van der Waals surface area contributed by atoms with Gasteiger partial charge in [-0.25, -0.2) is 0 Å². The van der Waals surface area contributed by atoms with Crippen molar-refractivity contribution >= 4 is 0 Å². The van der Waals surface area contributed by atoms with Crippen molar-refractivity contribution in [3.63, 3.8) is 0 Å². The first-order chi connectivity index (χ1) is 9.56. The summed E-state index contributed by atoms with van der Waals surface area (Å²) in [5, 5.41) is 3.55. The number of ether oxygens (including phenoxy) is 1. The molecule has 2 saturated carbocycles. The van der Waals surface area contributed by atoms with Crippen LogP contribution in [-0.4, -0.2) is 24.8 Å². The number of hydrogen-bond acceptors (Lipinski definition) is 2. The molecule has 3 atom stereocenters. The number of likely N-dealkylation sites (N-methyl/N-ethyl adjacent to an activating group) is 1. The van der Waals surface area contributed by atoms with Gasteiger partial charge in [-0.2, -0.15) is 0 Å². The van der Waals surface area contributed by atoms with Crippen molar-refractivity contribution in [2.24, 2.45) is 17.8 Å². The molecule has 0 aromatic heterocycles. The molecule has 0 heterocycles.